The van der Waals surface area contributed by atoms with E-state index in [9.17, 15) is 70.8 Å². The number of piperidine rings is 2. The summed E-state index contributed by atoms with van der Waals surface area (Å²) in [5.74, 6) is -4.77. The molecule has 2 aliphatic heterocycles. The van der Waals surface area contributed by atoms with Crippen molar-refractivity contribution in [2.75, 3.05) is 0 Å². The molecule has 4 aliphatic rings. The van der Waals surface area contributed by atoms with Crippen molar-refractivity contribution in [1.82, 2.24) is 5.01 Å². The molecule has 180 valence electrons. The van der Waals surface area contributed by atoms with Crippen LogP contribution in [0.25, 0.3) is 0 Å². The van der Waals surface area contributed by atoms with Crippen LogP contribution >= 0.6 is 0 Å². The van der Waals surface area contributed by atoms with E-state index in [1.54, 1.807) is 0 Å². The van der Waals surface area contributed by atoms with Gasteiger partial charge in [-0.3, -0.25) is 40.5 Å². The fraction of sp³-hybridized carbons (Fsp3) is 1.00. The quantitative estimate of drug-likeness (QED) is 0.186. The van der Waals surface area contributed by atoms with E-state index in [1.165, 1.54) is 0 Å². The Balaban J connectivity index is 2.47. The molecule has 33 heavy (non-hydrogen) atoms. The lowest BCUT2D eigenvalue weighted by Gasteiger charge is -2.57. The third-order valence-electron chi connectivity index (χ3n) is 6.23. The molecule has 2 aliphatic carbocycles. The Morgan fingerprint density at radius 2 is 0.909 bits per heavy atom. The molecule has 4 fully saturated rings. The van der Waals surface area contributed by atoms with Gasteiger partial charge in [-0.05, 0) is 6.42 Å². The highest BCUT2D eigenvalue weighted by Gasteiger charge is 2.98. The van der Waals surface area contributed by atoms with Crippen molar-refractivity contribution in [1.29, 1.82) is 0 Å². The average molecular weight is 484 g/mol. The van der Waals surface area contributed by atoms with E-state index in [0.29, 0.717) is 0 Å². The van der Waals surface area contributed by atoms with E-state index in [-0.39, 0.29) is 0 Å². The van der Waals surface area contributed by atoms with Crippen molar-refractivity contribution < 1.29 is 44.6 Å². The van der Waals surface area contributed by atoms with E-state index >= 15 is 0 Å². The molecule has 4 bridgehead atoms. The number of hydrogen-bond acceptors (Lipinski definition) is 16. The summed E-state index contributed by atoms with van der Waals surface area (Å²) in [6.45, 7) is 0. The van der Waals surface area contributed by atoms with Gasteiger partial charge in [-0.1, -0.05) is 5.01 Å². The lowest BCUT2D eigenvalue weighted by atomic mass is 9.52. The second kappa shape index (κ2) is 6.85. The summed E-state index contributed by atoms with van der Waals surface area (Å²) < 4.78 is 0. The lowest BCUT2D eigenvalue weighted by molar-refractivity contribution is -0.907. The van der Waals surface area contributed by atoms with E-state index in [0.717, 1.165) is 0 Å². The van der Waals surface area contributed by atoms with Crippen molar-refractivity contribution >= 4 is 0 Å². The van der Waals surface area contributed by atoms with E-state index in [4.69, 9.17) is 0 Å². The number of nitrogens with zero attached hydrogens (tertiary/aromatic N) is 8. The SMILES string of the molecule is O=[N+]([O-])OC1C2CC3C(O[N+](=O)[O-])C(N([N+](=O)[O-])C1C3([N+](=O)[O-])[N+](=O)[O-])C2([N+](=O)[O-])[N+](=O)[O-]. The van der Waals surface area contributed by atoms with Crippen LogP contribution in [-0.2, 0) is 9.68 Å². The normalized spacial score (nSPS) is 32.4. The average Bonchev–Trinajstić information content (AvgIpc) is 2.64. The second-order valence-corrected chi connectivity index (χ2v) is 7.14. The second-order valence-electron chi connectivity index (χ2n) is 7.14. The summed E-state index contributed by atoms with van der Waals surface area (Å²) in [4.78, 5) is 82.8. The predicted octanol–water partition coefficient (Wildman–Crippen LogP) is -2.47. The first-order chi connectivity index (χ1) is 15.2. The summed E-state index contributed by atoms with van der Waals surface area (Å²) in [7, 11) is 0. The molecule has 24 heteroatoms. The highest BCUT2D eigenvalue weighted by atomic mass is 17.0. The fourth-order valence-corrected chi connectivity index (χ4v) is 5.37. The van der Waals surface area contributed by atoms with Crippen molar-refractivity contribution in [3.8, 4) is 0 Å². The van der Waals surface area contributed by atoms with Crippen LogP contribution in [0.4, 0.5) is 0 Å². The minimum Gasteiger partial charge on any atom is -0.307 e. The summed E-state index contributed by atoms with van der Waals surface area (Å²) in [6, 6.07) is -5.84. The van der Waals surface area contributed by atoms with Crippen molar-refractivity contribution in [3.63, 3.8) is 0 Å². The molecule has 0 aromatic heterocycles. The van der Waals surface area contributed by atoms with Crippen LogP contribution in [-0.4, -0.2) is 75.5 Å². The van der Waals surface area contributed by atoms with Crippen LogP contribution in [0.5, 0.6) is 0 Å². The molecule has 2 heterocycles. The molecule has 6 atom stereocenters. The van der Waals surface area contributed by atoms with Gasteiger partial charge in [-0.15, -0.1) is 20.2 Å². The van der Waals surface area contributed by atoms with Gasteiger partial charge in [0.05, 0.1) is 0 Å². The summed E-state index contributed by atoms with van der Waals surface area (Å²) in [5.41, 5.74) is -7.72. The van der Waals surface area contributed by atoms with Gasteiger partial charge in [0, 0.05) is 0 Å². The molecule has 0 spiro atoms. The highest BCUT2D eigenvalue weighted by molar-refractivity contribution is 5.21. The van der Waals surface area contributed by atoms with Gasteiger partial charge < -0.3 is 9.68 Å². The van der Waals surface area contributed by atoms with Gasteiger partial charge in [-0.25, -0.2) is 10.1 Å². The van der Waals surface area contributed by atoms with Crippen molar-refractivity contribution in [2.45, 2.75) is 42.0 Å². The van der Waals surface area contributed by atoms with Gasteiger partial charge >= 0.3 is 11.3 Å². The maximum Gasteiger partial charge on any atom is 0.490 e. The largest absolute Gasteiger partial charge is 0.490 e. The first-order valence-corrected chi connectivity index (χ1v) is 8.31. The molecule has 0 aromatic carbocycles. The third kappa shape index (κ3) is 2.50. The number of hydrogen-bond donors (Lipinski definition) is 0. The summed E-state index contributed by atoms with van der Waals surface area (Å²) in [5, 5.41) is 75.5. The van der Waals surface area contributed by atoms with Crippen LogP contribution in [0.3, 0.4) is 0 Å². The highest BCUT2D eigenvalue weighted by Crippen LogP contribution is 2.61. The first-order valence-electron chi connectivity index (χ1n) is 8.31. The third-order valence-corrected chi connectivity index (χ3v) is 6.23. The fourth-order valence-electron chi connectivity index (χ4n) is 5.37. The Hall–Kier alpha value is -4.80. The molecular weight excluding hydrogens is 476 g/mol. The lowest BCUT2D eigenvalue weighted by Crippen LogP contribution is -2.93. The number of hydrazine groups is 1. The Bertz CT molecular complexity index is 900. The van der Waals surface area contributed by atoms with Gasteiger partial charge in [0.1, 0.15) is 31.5 Å². The topological polar surface area (TPSA) is 324 Å². The number of nitro groups is 5. The van der Waals surface area contributed by atoms with Crippen molar-refractivity contribution in [3.05, 3.63) is 70.8 Å². The minimum absolute atomic E-state index is 0.703. The zero-order chi connectivity index (χ0) is 25.2. The molecule has 4 rings (SSSR count). The molecule has 24 nitrogen and oxygen atoms in total. The van der Waals surface area contributed by atoms with E-state index in [2.05, 4.69) is 9.68 Å². The summed E-state index contributed by atoms with van der Waals surface area (Å²) >= 11 is 0. The smallest absolute Gasteiger partial charge is 0.307 e. The standard InChI is InChI=1S/C9H8N8O16/c18-11(19)8(12(20)21)2-1-3-5(33-17(30)31)7(8)10(15(26)27)6(4(2)32-16(28)29)9(3,13(22)23)14(24)25/h2-7H,1H2. The van der Waals surface area contributed by atoms with Gasteiger partial charge in [-0.2, -0.15) is 0 Å². The van der Waals surface area contributed by atoms with E-state index in [1.807, 2.05) is 0 Å². The Morgan fingerprint density at radius 1 is 0.606 bits per heavy atom. The van der Waals surface area contributed by atoms with Crippen LogP contribution in [0, 0.1) is 82.6 Å². The van der Waals surface area contributed by atoms with Crippen LogP contribution in [0.1, 0.15) is 6.42 Å². The van der Waals surface area contributed by atoms with E-state index < -0.39 is 93.8 Å². The van der Waals surface area contributed by atoms with Gasteiger partial charge in [0.25, 0.3) is 22.3 Å². The predicted molar refractivity (Wildman–Crippen MR) is 85.2 cm³/mol. The molecule has 6 unspecified atom stereocenters. The van der Waals surface area contributed by atoms with Crippen molar-refractivity contribution in [2.24, 2.45) is 11.8 Å². The molecular formula is C9H8N8O16. The maximum atomic E-state index is 11.9. The maximum absolute atomic E-state index is 11.9. The Kier molecular flexibility index (Phi) is 4.75. The van der Waals surface area contributed by atoms with Crippen LogP contribution in [0.15, 0.2) is 0 Å². The van der Waals surface area contributed by atoms with Gasteiger partial charge in [0.15, 0.2) is 17.2 Å². The molecule has 0 N–H and O–H groups in total. The minimum atomic E-state index is -3.86. The van der Waals surface area contributed by atoms with Crippen LogP contribution < -0.4 is 0 Å². The number of rotatable bonds is 9. The first kappa shape index (κ1) is 22.9. The zero-order valence-electron chi connectivity index (χ0n) is 15.3. The molecule has 0 radical (unpaired) electrons. The Morgan fingerprint density at radius 3 is 1.12 bits per heavy atom. The zero-order valence-corrected chi connectivity index (χ0v) is 15.3. The van der Waals surface area contributed by atoms with Crippen LogP contribution in [0.2, 0.25) is 0 Å². The van der Waals surface area contributed by atoms with Gasteiger partial charge in [0.2, 0.25) is 0 Å². The molecule has 0 amide bonds. The molecule has 2 saturated carbocycles. The molecule has 2 saturated heterocycles. The Labute approximate surface area is 175 Å². The molecule has 0 aromatic rings. The monoisotopic (exact) mass is 484 g/mol. The summed E-state index contributed by atoms with van der Waals surface area (Å²) in [6.07, 6.45) is -6.93.